The first-order valence-corrected chi connectivity index (χ1v) is 16.6. The number of ether oxygens (including phenoxy) is 1. The van der Waals surface area contributed by atoms with Crippen molar-refractivity contribution in [3.63, 3.8) is 0 Å². The first kappa shape index (κ1) is 32.7. The highest BCUT2D eigenvalue weighted by atomic mass is 32.1. The summed E-state index contributed by atoms with van der Waals surface area (Å²) in [7, 11) is 0. The zero-order chi connectivity index (χ0) is 33.5. The van der Waals surface area contributed by atoms with E-state index in [0.717, 1.165) is 17.7 Å². The summed E-state index contributed by atoms with van der Waals surface area (Å²) in [5.41, 5.74) is 12.0. The van der Waals surface area contributed by atoms with Crippen LogP contribution in [0.15, 0.2) is 53.9 Å². The number of alkyl halides is 2. The average molecular weight is 665 g/mol. The quantitative estimate of drug-likeness (QED) is 0.106. The van der Waals surface area contributed by atoms with E-state index in [9.17, 15) is 23.2 Å². The second-order valence-electron chi connectivity index (χ2n) is 12.6. The van der Waals surface area contributed by atoms with E-state index in [-0.39, 0.29) is 58.0 Å². The van der Waals surface area contributed by atoms with Crippen molar-refractivity contribution in [1.82, 2.24) is 15.5 Å². The summed E-state index contributed by atoms with van der Waals surface area (Å²) in [5, 5.41) is 15.1. The summed E-state index contributed by atoms with van der Waals surface area (Å²) in [6.07, 6.45) is 2.78. The molecular weight excluding hydrogens is 626 g/mol. The predicted molar refractivity (Wildman–Crippen MR) is 174 cm³/mol. The number of unbranched alkanes of at least 4 members (excludes halogenated alkanes) is 1. The number of nitrogen functional groups attached to an aromatic ring is 1. The molecule has 2 aliphatic carbocycles. The summed E-state index contributed by atoms with van der Waals surface area (Å²) in [5.74, 6) is -4.53. The average Bonchev–Trinajstić information content (AvgIpc) is 3.34. The van der Waals surface area contributed by atoms with Crippen molar-refractivity contribution in [2.45, 2.75) is 56.7 Å². The molecule has 1 saturated carbocycles. The van der Waals surface area contributed by atoms with Crippen molar-refractivity contribution in [3.05, 3.63) is 81.0 Å². The number of thiophene rings is 1. The van der Waals surface area contributed by atoms with Crippen molar-refractivity contribution in [2.75, 3.05) is 26.3 Å². The minimum Gasteiger partial charge on any atom is -0.384 e. The molecule has 7 N–H and O–H groups in total. The lowest BCUT2D eigenvalue weighted by atomic mass is 10.00. The zero-order valence-electron chi connectivity index (χ0n) is 26.0. The number of fused-ring (bicyclic) bond motifs is 4. The number of likely N-dealkylation sites (tertiary alicyclic amines) is 1. The number of rotatable bonds is 13. The molecule has 3 aromatic rings. The fourth-order valence-corrected chi connectivity index (χ4v) is 7.73. The maximum absolute atomic E-state index is 15.0. The molecule has 47 heavy (non-hydrogen) atoms. The monoisotopic (exact) mass is 664 g/mol. The molecule has 2 aromatic carbocycles. The van der Waals surface area contributed by atoms with Gasteiger partial charge in [0.25, 0.3) is 11.8 Å². The summed E-state index contributed by atoms with van der Waals surface area (Å²) in [6, 6.07) is 10.6. The number of carbonyl (C=O) groups is 3. The van der Waals surface area contributed by atoms with Gasteiger partial charge in [0.15, 0.2) is 0 Å². The topological polar surface area (TPSA) is 164 Å². The number of nitrogens with zero attached hydrogens (tertiary/aromatic N) is 1. The Morgan fingerprint density at radius 2 is 1.85 bits per heavy atom. The Hall–Kier alpha value is -4.20. The highest BCUT2D eigenvalue weighted by molar-refractivity contribution is 7.10. The molecule has 248 valence electrons. The van der Waals surface area contributed by atoms with Crippen LogP contribution in [0.3, 0.4) is 0 Å². The number of nitrogens with one attached hydrogen (secondary N) is 3. The first-order valence-electron chi connectivity index (χ1n) is 15.7. The van der Waals surface area contributed by atoms with Crippen LogP contribution in [0.4, 0.5) is 8.78 Å². The van der Waals surface area contributed by atoms with Crippen molar-refractivity contribution in [3.8, 4) is 11.1 Å². The number of carbonyl (C=O) groups excluding carboxylic acids is 3. The number of halogens is 2. The van der Waals surface area contributed by atoms with Crippen molar-refractivity contribution in [1.29, 1.82) is 5.41 Å². The van der Waals surface area contributed by atoms with Gasteiger partial charge in [-0.05, 0) is 68.5 Å². The normalized spacial score (nSPS) is 22.2. The third-order valence-corrected chi connectivity index (χ3v) is 10.5. The standard InChI is InChI=1S/C34H38F2N6O4S/c1-19(27-13-21(17-47-27)30(38)39)41-32(45)26-14-33(18-46-11-5-4-10-37)15-28(33)42(26)29(43)16-40-31(44)20-8-9-25-23(12-20)22-6-2-3-7-24(22)34(25,35)36/h2-3,6-9,12-13,17,19,26,28H,4-5,10-11,14-16,18,37H2,1H3,(H3,38,39)(H,40,44)(H,41,45)/t19?,26-,28-,33+/m0/s1. The van der Waals surface area contributed by atoms with Gasteiger partial charge in [0, 0.05) is 50.6 Å². The fraction of sp³-hybridized carbons (Fsp3) is 0.412. The minimum absolute atomic E-state index is 0.0585. The number of hydrogen-bond donors (Lipinski definition) is 5. The molecular formula is C34H38F2N6O4S. The molecule has 1 aliphatic heterocycles. The summed E-state index contributed by atoms with van der Waals surface area (Å²) < 4.78 is 35.9. The third kappa shape index (κ3) is 6.15. The Morgan fingerprint density at radius 3 is 2.60 bits per heavy atom. The van der Waals surface area contributed by atoms with Gasteiger partial charge in [-0.2, -0.15) is 8.78 Å². The Morgan fingerprint density at radius 1 is 1.09 bits per heavy atom. The van der Waals surface area contributed by atoms with Crippen LogP contribution in [0.5, 0.6) is 0 Å². The Labute approximate surface area is 275 Å². The smallest absolute Gasteiger partial charge is 0.299 e. The van der Waals surface area contributed by atoms with Crippen LogP contribution in [0, 0.1) is 10.8 Å². The van der Waals surface area contributed by atoms with Gasteiger partial charge in [0.1, 0.15) is 11.9 Å². The number of piperidine rings is 1. The van der Waals surface area contributed by atoms with E-state index in [1.165, 1.54) is 35.6 Å². The molecule has 10 nitrogen and oxygen atoms in total. The molecule has 0 bridgehead atoms. The van der Waals surface area contributed by atoms with Gasteiger partial charge in [-0.15, -0.1) is 11.3 Å². The number of nitrogens with two attached hydrogens (primary N) is 2. The van der Waals surface area contributed by atoms with Crippen LogP contribution in [-0.4, -0.2) is 66.8 Å². The maximum Gasteiger partial charge on any atom is 0.299 e. The molecule has 6 rings (SSSR count). The van der Waals surface area contributed by atoms with E-state index in [4.69, 9.17) is 21.6 Å². The summed E-state index contributed by atoms with van der Waals surface area (Å²) in [4.78, 5) is 42.9. The number of hydrogen-bond acceptors (Lipinski definition) is 7. The molecule has 3 amide bonds. The highest BCUT2D eigenvalue weighted by Crippen LogP contribution is 2.59. The third-order valence-electron chi connectivity index (χ3n) is 9.43. The minimum atomic E-state index is -3.16. The molecule has 1 unspecified atom stereocenters. The second kappa shape index (κ2) is 12.8. The van der Waals surface area contributed by atoms with Gasteiger partial charge in [-0.1, -0.05) is 30.3 Å². The number of amides is 3. The lowest BCUT2D eigenvalue weighted by molar-refractivity contribution is -0.139. The Bertz CT molecular complexity index is 1730. The van der Waals surface area contributed by atoms with Crippen molar-refractivity contribution in [2.24, 2.45) is 16.9 Å². The van der Waals surface area contributed by atoms with E-state index >= 15 is 0 Å². The number of benzene rings is 2. The lowest BCUT2D eigenvalue weighted by Crippen LogP contribution is -2.51. The summed E-state index contributed by atoms with van der Waals surface area (Å²) in [6.45, 7) is 2.99. The molecule has 0 radical (unpaired) electrons. The van der Waals surface area contributed by atoms with Crippen molar-refractivity contribution < 1.29 is 27.9 Å². The predicted octanol–water partition coefficient (Wildman–Crippen LogP) is 3.87. The molecule has 4 atom stereocenters. The molecule has 1 aromatic heterocycles. The van der Waals surface area contributed by atoms with Crippen LogP contribution in [0.25, 0.3) is 11.1 Å². The Kier molecular flexibility index (Phi) is 8.90. The second-order valence-corrected chi connectivity index (χ2v) is 13.5. The molecule has 13 heteroatoms. The van der Waals surface area contributed by atoms with Gasteiger partial charge in [-0.25, -0.2) is 0 Å². The zero-order valence-corrected chi connectivity index (χ0v) is 26.8. The van der Waals surface area contributed by atoms with Gasteiger partial charge in [0.2, 0.25) is 11.8 Å². The van der Waals surface area contributed by atoms with Gasteiger partial charge >= 0.3 is 0 Å². The van der Waals surface area contributed by atoms with Gasteiger partial charge in [-0.3, -0.25) is 19.8 Å². The van der Waals surface area contributed by atoms with Crippen molar-refractivity contribution >= 4 is 34.9 Å². The first-order chi connectivity index (χ1) is 22.5. The molecule has 2 fully saturated rings. The SMILES string of the molecule is CC(NC(=O)[C@@H]1C[C@]2(COCCCCN)C[C@@H]2N1C(=O)CNC(=O)c1ccc2c(c1)-c1ccccc1C2(F)F)c1cc(C(=N)N)cs1. The Balaban J connectivity index is 1.15. The largest absolute Gasteiger partial charge is 0.384 e. The van der Waals surface area contributed by atoms with Gasteiger partial charge in [0.05, 0.1) is 19.2 Å². The van der Waals surface area contributed by atoms with Crippen LogP contribution in [0.2, 0.25) is 0 Å². The van der Waals surface area contributed by atoms with Crippen LogP contribution >= 0.6 is 11.3 Å². The van der Waals surface area contributed by atoms with Crippen LogP contribution < -0.4 is 22.1 Å². The van der Waals surface area contributed by atoms with E-state index in [0.29, 0.717) is 43.7 Å². The highest BCUT2D eigenvalue weighted by Gasteiger charge is 2.67. The van der Waals surface area contributed by atoms with Crippen LogP contribution in [-0.2, 0) is 20.2 Å². The van der Waals surface area contributed by atoms with E-state index in [1.807, 2.05) is 6.92 Å². The lowest BCUT2D eigenvalue weighted by Gasteiger charge is -2.28. The molecule has 2 heterocycles. The fourth-order valence-electron chi connectivity index (χ4n) is 6.81. The molecule has 0 spiro atoms. The molecule has 1 saturated heterocycles. The number of amidine groups is 1. The van der Waals surface area contributed by atoms with E-state index < -0.39 is 23.8 Å². The maximum atomic E-state index is 15.0. The summed E-state index contributed by atoms with van der Waals surface area (Å²) >= 11 is 1.38. The molecule has 3 aliphatic rings. The van der Waals surface area contributed by atoms with E-state index in [2.05, 4.69) is 10.6 Å². The van der Waals surface area contributed by atoms with Gasteiger partial charge < -0.3 is 31.7 Å². The van der Waals surface area contributed by atoms with E-state index in [1.54, 1.807) is 34.5 Å². The van der Waals surface area contributed by atoms with Crippen LogP contribution in [0.1, 0.15) is 70.6 Å².